The van der Waals surface area contributed by atoms with Crippen LogP contribution in [0.1, 0.15) is 11.7 Å². The molecule has 0 bridgehead atoms. The molecule has 1 aromatic carbocycles. The Hall–Kier alpha value is -2.54. The number of benzene rings is 1. The molecular formula is C13H13FN4O2. The molecule has 104 valence electrons. The maximum Gasteiger partial charge on any atom is 0.253 e. The van der Waals surface area contributed by atoms with Crippen molar-refractivity contribution < 1.29 is 14.3 Å². The molecule has 6 nitrogen and oxygen atoms in total. The molecule has 0 saturated heterocycles. The standard InChI is InChI=1S/C13H13FN4O2/c1-16-12(20)11(19)9-3-2-7(4-10(9)14)8-5-17-13(15)18-6-8/h2-6,11,19H,1H3,(H,16,20)(H2,15,17,18). The lowest BCUT2D eigenvalue weighted by molar-refractivity contribution is -0.129. The van der Waals surface area contributed by atoms with Crippen LogP contribution in [0.25, 0.3) is 11.1 Å². The number of nitrogens with zero attached hydrogens (tertiary/aromatic N) is 2. The van der Waals surface area contributed by atoms with Gasteiger partial charge in [-0.2, -0.15) is 0 Å². The highest BCUT2D eigenvalue weighted by Gasteiger charge is 2.20. The zero-order valence-corrected chi connectivity index (χ0v) is 10.7. The van der Waals surface area contributed by atoms with E-state index < -0.39 is 17.8 Å². The van der Waals surface area contributed by atoms with Gasteiger partial charge in [0.05, 0.1) is 0 Å². The Morgan fingerprint density at radius 3 is 2.55 bits per heavy atom. The van der Waals surface area contributed by atoms with Crippen molar-refractivity contribution in [2.24, 2.45) is 0 Å². The van der Waals surface area contributed by atoms with Gasteiger partial charge in [-0.3, -0.25) is 4.79 Å². The Morgan fingerprint density at radius 1 is 1.35 bits per heavy atom. The molecule has 0 aliphatic carbocycles. The number of carbonyl (C=O) groups is 1. The fourth-order valence-corrected chi connectivity index (χ4v) is 1.69. The largest absolute Gasteiger partial charge is 0.378 e. The van der Waals surface area contributed by atoms with E-state index in [0.29, 0.717) is 11.1 Å². The first-order chi connectivity index (χ1) is 9.52. The molecule has 4 N–H and O–H groups in total. The van der Waals surface area contributed by atoms with Crippen molar-refractivity contribution in [3.8, 4) is 11.1 Å². The normalized spacial score (nSPS) is 11.9. The fraction of sp³-hybridized carbons (Fsp3) is 0.154. The molecule has 20 heavy (non-hydrogen) atoms. The van der Waals surface area contributed by atoms with Gasteiger partial charge in [-0.05, 0) is 11.6 Å². The fourth-order valence-electron chi connectivity index (χ4n) is 1.69. The molecule has 2 aromatic rings. The van der Waals surface area contributed by atoms with Gasteiger partial charge in [0.15, 0.2) is 6.10 Å². The number of aliphatic hydroxyl groups is 1. The number of amides is 1. The van der Waals surface area contributed by atoms with Crippen LogP contribution in [0.2, 0.25) is 0 Å². The summed E-state index contributed by atoms with van der Waals surface area (Å²) in [5.41, 5.74) is 6.39. The quantitative estimate of drug-likeness (QED) is 0.764. The van der Waals surface area contributed by atoms with Crippen molar-refractivity contribution in [2.75, 3.05) is 12.8 Å². The summed E-state index contributed by atoms with van der Waals surface area (Å²) in [6, 6.07) is 4.12. The second kappa shape index (κ2) is 5.62. The number of halogens is 1. The van der Waals surface area contributed by atoms with E-state index in [1.807, 2.05) is 0 Å². The van der Waals surface area contributed by atoms with E-state index in [1.165, 1.54) is 31.6 Å². The number of nitrogens with one attached hydrogen (secondary N) is 1. The van der Waals surface area contributed by atoms with Crippen LogP contribution >= 0.6 is 0 Å². The van der Waals surface area contributed by atoms with E-state index in [4.69, 9.17) is 5.73 Å². The number of aliphatic hydroxyl groups excluding tert-OH is 1. The molecule has 1 amide bonds. The smallest absolute Gasteiger partial charge is 0.253 e. The van der Waals surface area contributed by atoms with Gasteiger partial charge in [0.1, 0.15) is 5.82 Å². The predicted molar refractivity (Wildman–Crippen MR) is 70.9 cm³/mol. The van der Waals surface area contributed by atoms with Crippen LogP contribution in [0.5, 0.6) is 0 Å². The van der Waals surface area contributed by atoms with Crippen molar-refractivity contribution >= 4 is 11.9 Å². The van der Waals surface area contributed by atoms with Crippen molar-refractivity contribution in [1.82, 2.24) is 15.3 Å². The van der Waals surface area contributed by atoms with Crippen LogP contribution < -0.4 is 11.1 Å². The van der Waals surface area contributed by atoms with Gasteiger partial charge in [0.25, 0.3) is 5.91 Å². The average Bonchev–Trinajstić information content (AvgIpc) is 2.46. The Bertz CT molecular complexity index is 631. The summed E-state index contributed by atoms with van der Waals surface area (Å²) in [5, 5.41) is 11.9. The molecule has 0 aliphatic heterocycles. The summed E-state index contributed by atoms with van der Waals surface area (Å²) in [6.07, 6.45) is 1.38. The van der Waals surface area contributed by atoms with Crippen LogP contribution in [0.15, 0.2) is 30.6 Å². The number of hydrogen-bond acceptors (Lipinski definition) is 5. The minimum Gasteiger partial charge on any atom is -0.378 e. The number of rotatable bonds is 3. The lowest BCUT2D eigenvalue weighted by atomic mass is 10.0. The van der Waals surface area contributed by atoms with E-state index in [0.717, 1.165) is 0 Å². The number of aromatic nitrogens is 2. The third-order valence-corrected chi connectivity index (χ3v) is 2.79. The second-order valence-electron chi connectivity index (χ2n) is 4.08. The van der Waals surface area contributed by atoms with Crippen molar-refractivity contribution in [3.63, 3.8) is 0 Å². The highest BCUT2D eigenvalue weighted by atomic mass is 19.1. The Labute approximate surface area is 114 Å². The lowest BCUT2D eigenvalue weighted by Gasteiger charge is -2.11. The summed E-state index contributed by atoms with van der Waals surface area (Å²) in [7, 11) is 1.36. The SMILES string of the molecule is CNC(=O)C(O)c1ccc(-c2cnc(N)nc2)cc1F. The van der Waals surface area contributed by atoms with Crippen molar-refractivity contribution in [3.05, 3.63) is 42.0 Å². The summed E-state index contributed by atoms with van der Waals surface area (Å²) >= 11 is 0. The predicted octanol–water partition coefficient (Wildman–Crippen LogP) is 0.644. The number of likely N-dealkylation sites (N-methyl/N-ethyl adjacent to an activating group) is 1. The summed E-state index contributed by atoms with van der Waals surface area (Å²) < 4.78 is 14.0. The first-order valence-electron chi connectivity index (χ1n) is 5.80. The van der Waals surface area contributed by atoms with E-state index in [1.54, 1.807) is 6.07 Å². The molecule has 0 aliphatic rings. The van der Waals surface area contributed by atoms with Crippen molar-refractivity contribution in [2.45, 2.75) is 6.10 Å². The van der Waals surface area contributed by atoms with Gasteiger partial charge in [-0.25, -0.2) is 14.4 Å². The zero-order chi connectivity index (χ0) is 14.7. The zero-order valence-electron chi connectivity index (χ0n) is 10.7. The van der Waals surface area contributed by atoms with Crippen LogP contribution in [0.3, 0.4) is 0 Å². The van der Waals surface area contributed by atoms with Gasteiger partial charge in [-0.15, -0.1) is 0 Å². The van der Waals surface area contributed by atoms with Crippen molar-refractivity contribution in [1.29, 1.82) is 0 Å². The molecule has 7 heteroatoms. The summed E-state index contributed by atoms with van der Waals surface area (Å²) in [4.78, 5) is 18.9. The minimum absolute atomic E-state index is 0.0931. The summed E-state index contributed by atoms with van der Waals surface area (Å²) in [6.45, 7) is 0. The number of nitrogens with two attached hydrogens (primary N) is 1. The Balaban J connectivity index is 2.34. The van der Waals surface area contributed by atoms with Gasteiger partial charge >= 0.3 is 0 Å². The van der Waals surface area contributed by atoms with E-state index >= 15 is 0 Å². The first-order valence-corrected chi connectivity index (χ1v) is 5.80. The Morgan fingerprint density at radius 2 is 2.00 bits per heavy atom. The van der Waals surface area contributed by atoms with E-state index in [2.05, 4.69) is 15.3 Å². The van der Waals surface area contributed by atoms with Gasteiger partial charge in [0, 0.05) is 30.6 Å². The van der Waals surface area contributed by atoms with Gasteiger partial charge in [0.2, 0.25) is 5.95 Å². The van der Waals surface area contributed by atoms with Gasteiger partial charge in [-0.1, -0.05) is 12.1 Å². The molecule has 0 fully saturated rings. The van der Waals surface area contributed by atoms with Crippen LogP contribution in [-0.2, 0) is 4.79 Å². The maximum absolute atomic E-state index is 14.0. The highest BCUT2D eigenvalue weighted by molar-refractivity contribution is 5.82. The Kier molecular flexibility index (Phi) is 3.90. The highest BCUT2D eigenvalue weighted by Crippen LogP contribution is 2.24. The molecule has 1 atom stereocenters. The molecule has 0 saturated carbocycles. The third kappa shape index (κ3) is 2.72. The molecule has 0 radical (unpaired) electrons. The lowest BCUT2D eigenvalue weighted by Crippen LogP contribution is -2.26. The van der Waals surface area contributed by atoms with E-state index in [9.17, 15) is 14.3 Å². The topological polar surface area (TPSA) is 101 Å². The number of nitrogen functional groups attached to an aromatic ring is 1. The number of hydrogen-bond donors (Lipinski definition) is 3. The third-order valence-electron chi connectivity index (χ3n) is 2.79. The van der Waals surface area contributed by atoms with Crippen LogP contribution in [-0.4, -0.2) is 28.0 Å². The molecular weight excluding hydrogens is 263 g/mol. The molecule has 0 spiro atoms. The van der Waals surface area contributed by atoms with Crippen LogP contribution in [0.4, 0.5) is 10.3 Å². The summed E-state index contributed by atoms with van der Waals surface area (Å²) in [5.74, 6) is -1.23. The maximum atomic E-state index is 14.0. The number of anilines is 1. The minimum atomic E-state index is -1.54. The second-order valence-corrected chi connectivity index (χ2v) is 4.08. The van der Waals surface area contributed by atoms with Gasteiger partial charge < -0.3 is 16.2 Å². The monoisotopic (exact) mass is 276 g/mol. The first kappa shape index (κ1) is 13.9. The molecule has 1 heterocycles. The van der Waals surface area contributed by atoms with E-state index in [-0.39, 0.29) is 11.5 Å². The average molecular weight is 276 g/mol. The molecule has 1 aromatic heterocycles. The molecule has 2 rings (SSSR count). The number of carbonyl (C=O) groups excluding carboxylic acids is 1. The molecule has 1 unspecified atom stereocenters. The van der Waals surface area contributed by atoms with Crippen LogP contribution in [0, 0.1) is 5.82 Å².